The van der Waals surface area contributed by atoms with E-state index in [0.29, 0.717) is 0 Å². The second-order valence-electron chi connectivity index (χ2n) is 6.96. The minimum absolute atomic E-state index is 0.132. The zero-order chi connectivity index (χ0) is 18.2. The van der Waals surface area contributed by atoms with E-state index in [4.69, 9.17) is 5.73 Å². The molecule has 128 valence electrons. The highest BCUT2D eigenvalue weighted by atomic mass is 15.0. The summed E-state index contributed by atoms with van der Waals surface area (Å²) in [6.45, 7) is 12.9. The molecule has 2 heteroatoms. The van der Waals surface area contributed by atoms with E-state index in [-0.39, 0.29) is 5.41 Å². The van der Waals surface area contributed by atoms with Crippen LogP contribution in [0.4, 0.5) is 0 Å². The van der Waals surface area contributed by atoms with E-state index in [1.165, 1.54) is 11.3 Å². The number of nitrogens with zero attached hydrogens (tertiary/aromatic N) is 1. The number of hydrogen-bond acceptors (Lipinski definition) is 1. The van der Waals surface area contributed by atoms with Gasteiger partial charge in [0.25, 0.3) is 0 Å². The lowest BCUT2D eigenvalue weighted by Gasteiger charge is -2.36. The van der Waals surface area contributed by atoms with Crippen LogP contribution in [0.2, 0.25) is 0 Å². The average Bonchev–Trinajstić information content (AvgIpc) is 3.04. The Bertz CT molecular complexity index is 917. The third-order valence-electron chi connectivity index (χ3n) is 5.09. The monoisotopic (exact) mass is 330 g/mol. The van der Waals surface area contributed by atoms with Crippen LogP contribution in [-0.4, -0.2) is 4.57 Å². The van der Waals surface area contributed by atoms with Crippen molar-refractivity contribution >= 4 is 11.3 Å². The van der Waals surface area contributed by atoms with Gasteiger partial charge < -0.3 is 10.3 Å². The van der Waals surface area contributed by atoms with Gasteiger partial charge in [0.2, 0.25) is 0 Å². The third-order valence-corrected chi connectivity index (χ3v) is 5.09. The Morgan fingerprint density at radius 1 is 1.16 bits per heavy atom. The molecule has 0 saturated heterocycles. The fraction of sp³-hybridized carbons (Fsp3) is 0.217. The van der Waals surface area contributed by atoms with Gasteiger partial charge in [-0.15, -0.1) is 0 Å². The molecule has 0 radical (unpaired) electrons. The highest BCUT2D eigenvalue weighted by Crippen LogP contribution is 2.46. The molecule has 1 aromatic heterocycles. The topological polar surface area (TPSA) is 30.9 Å². The van der Waals surface area contributed by atoms with Crippen molar-refractivity contribution in [2.45, 2.75) is 33.1 Å². The Balaban J connectivity index is 2.20. The van der Waals surface area contributed by atoms with Gasteiger partial charge in [-0.1, -0.05) is 56.9 Å². The Morgan fingerprint density at radius 2 is 1.88 bits per heavy atom. The molecule has 25 heavy (non-hydrogen) atoms. The summed E-state index contributed by atoms with van der Waals surface area (Å²) in [4.78, 5) is 0. The summed E-state index contributed by atoms with van der Waals surface area (Å²) in [5.74, 6) is 0. The van der Waals surface area contributed by atoms with Gasteiger partial charge in [0, 0.05) is 28.6 Å². The Morgan fingerprint density at radius 3 is 2.56 bits per heavy atom. The average molecular weight is 330 g/mol. The maximum absolute atomic E-state index is 6.47. The number of fused-ring (bicyclic) bond motifs is 3. The molecule has 2 heterocycles. The Labute approximate surface area is 150 Å². The second-order valence-corrected chi connectivity index (χ2v) is 6.96. The Hall–Kier alpha value is -2.74. The van der Waals surface area contributed by atoms with Crippen LogP contribution in [0.25, 0.3) is 17.0 Å². The highest BCUT2D eigenvalue weighted by Gasteiger charge is 2.35. The molecule has 2 N–H and O–H groups in total. The number of hydrogen-bond donors (Lipinski definition) is 1. The van der Waals surface area contributed by atoms with Crippen LogP contribution in [0.5, 0.6) is 0 Å². The molecule has 0 spiro atoms. The van der Waals surface area contributed by atoms with Crippen LogP contribution < -0.4 is 5.73 Å². The molecule has 0 unspecified atom stereocenters. The molecule has 2 nitrogen and oxygen atoms in total. The predicted octanol–water partition coefficient (Wildman–Crippen LogP) is 5.60. The number of para-hydroxylation sites is 1. The minimum atomic E-state index is -0.132. The number of benzene rings is 1. The van der Waals surface area contributed by atoms with E-state index in [0.717, 1.165) is 28.1 Å². The first-order valence-electron chi connectivity index (χ1n) is 8.69. The van der Waals surface area contributed by atoms with Crippen molar-refractivity contribution in [1.82, 2.24) is 4.57 Å². The van der Waals surface area contributed by atoms with Gasteiger partial charge in [-0.05, 0) is 48.8 Å². The van der Waals surface area contributed by atoms with Gasteiger partial charge in [0.15, 0.2) is 0 Å². The van der Waals surface area contributed by atoms with Crippen molar-refractivity contribution < 1.29 is 0 Å². The van der Waals surface area contributed by atoms with Crippen LogP contribution in [0.3, 0.4) is 0 Å². The fourth-order valence-electron chi connectivity index (χ4n) is 3.52. The number of allylic oxidation sites excluding steroid dienone is 6. The summed E-state index contributed by atoms with van der Waals surface area (Å²) in [5.41, 5.74) is 13.9. The van der Waals surface area contributed by atoms with Crippen molar-refractivity contribution in [2.75, 3.05) is 0 Å². The second kappa shape index (κ2) is 6.29. The van der Waals surface area contributed by atoms with Gasteiger partial charge in [-0.3, -0.25) is 0 Å². The van der Waals surface area contributed by atoms with Gasteiger partial charge in [0.1, 0.15) is 0 Å². The summed E-state index contributed by atoms with van der Waals surface area (Å²) in [5, 5.41) is 0. The zero-order valence-electron chi connectivity index (χ0n) is 15.5. The van der Waals surface area contributed by atoms with Gasteiger partial charge in [0.05, 0.1) is 5.69 Å². The van der Waals surface area contributed by atoms with Crippen molar-refractivity contribution in [3.63, 3.8) is 0 Å². The molecule has 3 rings (SSSR count). The summed E-state index contributed by atoms with van der Waals surface area (Å²) >= 11 is 0. The predicted molar refractivity (Wildman–Crippen MR) is 109 cm³/mol. The van der Waals surface area contributed by atoms with E-state index in [9.17, 15) is 0 Å². The molecule has 0 atom stereocenters. The fourth-order valence-corrected chi connectivity index (χ4v) is 3.52. The van der Waals surface area contributed by atoms with E-state index >= 15 is 0 Å². The first-order chi connectivity index (χ1) is 11.9. The van der Waals surface area contributed by atoms with Gasteiger partial charge in [-0.2, -0.15) is 0 Å². The van der Waals surface area contributed by atoms with E-state index in [2.05, 4.69) is 73.7 Å². The summed E-state index contributed by atoms with van der Waals surface area (Å²) in [6, 6.07) is 10.6. The van der Waals surface area contributed by atoms with Crippen LogP contribution in [0, 0.1) is 0 Å². The lowest BCUT2D eigenvalue weighted by atomic mass is 9.73. The summed E-state index contributed by atoms with van der Waals surface area (Å²) < 4.78 is 2.21. The third kappa shape index (κ3) is 2.68. The maximum Gasteiger partial charge on any atom is 0.0584 e. The molecule has 2 aromatic rings. The first kappa shape index (κ1) is 17.1. The van der Waals surface area contributed by atoms with Crippen molar-refractivity contribution in [3.8, 4) is 5.69 Å². The smallest absolute Gasteiger partial charge is 0.0584 e. The number of rotatable bonds is 3. The molecular formula is C23H26N2. The van der Waals surface area contributed by atoms with Crippen LogP contribution in [-0.2, 0) is 5.41 Å². The lowest BCUT2D eigenvalue weighted by molar-refractivity contribution is 0.662. The molecule has 1 aliphatic heterocycles. The van der Waals surface area contributed by atoms with Crippen LogP contribution in [0.15, 0.2) is 73.0 Å². The van der Waals surface area contributed by atoms with Crippen molar-refractivity contribution in [1.29, 1.82) is 0 Å². The van der Waals surface area contributed by atoms with E-state index in [1.54, 1.807) is 0 Å². The van der Waals surface area contributed by atoms with Gasteiger partial charge in [-0.25, -0.2) is 0 Å². The molecule has 0 saturated carbocycles. The number of nitrogens with two attached hydrogens (primary N) is 1. The Kier molecular flexibility index (Phi) is 4.30. The van der Waals surface area contributed by atoms with Crippen LogP contribution >= 0.6 is 0 Å². The minimum Gasteiger partial charge on any atom is -0.398 e. The van der Waals surface area contributed by atoms with Crippen molar-refractivity contribution in [2.24, 2.45) is 5.73 Å². The SMILES string of the molecule is C=C1c2c(/C(N)=C/C(/C=C\C)=C/C)ccn2-c2ccccc2C1(C)C. The molecular weight excluding hydrogens is 304 g/mol. The maximum atomic E-state index is 6.47. The molecule has 1 aliphatic rings. The van der Waals surface area contributed by atoms with E-state index < -0.39 is 0 Å². The van der Waals surface area contributed by atoms with Crippen molar-refractivity contribution in [3.05, 3.63) is 89.8 Å². The molecule has 1 aromatic carbocycles. The summed E-state index contributed by atoms with van der Waals surface area (Å²) in [7, 11) is 0. The first-order valence-corrected chi connectivity index (χ1v) is 8.69. The molecule has 0 fully saturated rings. The normalized spacial score (nSPS) is 16.9. The van der Waals surface area contributed by atoms with Gasteiger partial charge >= 0.3 is 0 Å². The molecule has 0 aliphatic carbocycles. The highest BCUT2D eigenvalue weighted by molar-refractivity contribution is 5.85. The quantitative estimate of drug-likeness (QED) is 0.729. The largest absolute Gasteiger partial charge is 0.398 e. The standard InChI is InChI=1S/C23H26N2/c1-6-10-17(7-2)15-20(24)18-13-14-25-21-12-9-8-11-19(21)23(4,5)16(3)22(18)25/h6-15H,3,24H2,1-2,4-5H3/b10-6-,17-7+,20-15-. The zero-order valence-corrected chi connectivity index (χ0v) is 15.5. The van der Waals surface area contributed by atoms with Crippen LogP contribution in [0.1, 0.15) is 44.5 Å². The molecule has 0 amide bonds. The van der Waals surface area contributed by atoms with E-state index in [1.807, 2.05) is 26.0 Å². The lowest BCUT2D eigenvalue weighted by Crippen LogP contribution is -2.27. The summed E-state index contributed by atoms with van der Waals surface area (Å²) in [6.07, 6.45) is 10.3. The number of aromatic nitrogens is 1. The molecule has 0 bridgehead atoms.